The van der Waals surface area contributed by atoms with Crippen LogP contribution in [0.1, 0.15) is 19.3 Å². The maximum atomic E-state index is 4.33. The molecule has 1 aromatic heterocycles. The first kappa shape index (κ1) is 11.8. The van der Waals surface area contributed by atoms with Crippen molar-refractivity contribution >= 4 is 11.4 Å². The van der Waals surface area contributed by atoms with Crippen molar-refractivity contribution in [1.29, 1.82) is 0 Å². The molecule has 1 N–H and O–H groups in total. The van der Waals surface area contributed by atoms with Gasteiger partial charge in [-0.3, -0.25) is 4.98 Å². The summed E-state index contributed by atoms with van der Waals surface area (Å²) in [6.45, 7) is 6.73. The molecule has 1 aromatic rings. The lowest BCUT2D eigenvalue weighted by atomic mass is 10.1. The van der Waals surface area contributed by atoms with Crippen molar-refractivity contribution in [3.8, 4) is 0 Å². The zero-order valence-corrected chi connectivity index (χ0v) is 10.9. The van der Waals surface area contributed by atoms with Crippen LogP contribution >= 0.6 is 0 Å². The highest BCUT2D eigenvalue weighted by atomic mass is 15.2. The van der Waals surface area contributed by atoms with Crippen molar-refractivity contribution in [3.05, 3.63) is 18.5 Å². The molecule has 0 aromatic carbocycles. The molecule has 0 radical (unpaired) electrons. The number of rotatable bonds is 2. The van der Waals surface area contributed by atoms with Gasteiger partial charge in [0.2, 0.25) is 0 Å². The maximum absolute atomic E-state index is 4.33. The van der Waals surface area contributed by atoms with Gasteiger partial charge < -0.3 is 15.1 Å². The number of pyridine rings is 1. The summed E-state index contributed by atoms with van der Waals surface area (Å²) in [4.78, 5) is 9.32. The van der Waals surface area contributed by atoms with E-state index in [2.05, 4.69) is 26.2 Å². The van der Waals surface area contributed by atoms with Crippen LogP contribution in [-0.2, 0) is 0 Å². The van der Waals surface area contributed by atoms with Crippen LogP contribution in [0.15, 0.2) is 18.5 Å². The van der Waals surface area contributed by atoms with Crippen molar-refractivity contribution in [2.24, 2.45) is 0 Å². The molecule has 2 aliphatic rings. The van der Waals surface area contributed by atoms with Gasteiger partial charge in [0, 0.05) is 45.5 Å². The third-order valence-corrected chi connectivity index (χ3v) is 3.93. The molecule has 0 saturated carbocycles. The number of piperidine rings is 1. The second kappa shape index (κ2) is 5.57. The summed E-state index contributed by atoms with van der Waals surface area (Å²) >= 11 is 0. The summed E-state index contributed by atoms with van der Waals surface area (Å²) in [6.07, 6.45) is 7.99. The van der Waals surface area contributed by atoms with E-state index in [1.807, 2.05) is 12.4 Å². The number of hydrogen-bond donors (Lipinski definition) is 1. The molecule has 2 aliphatic heterocycles. The van der Waals surface area contributed by atoms with Gasteiger partial charge in [0.05, 0.1) is 17.6 Å². The van der Waals surface area contributed by atoms with E-state index in [1.165, 1.54) is 43.7 Å². The highest BCUT2D eigenvalue weighted by Crippen LogP contribution is 2.30. The lowest BCUT2D eigenvalue weighted by Crippen LogP contribution is -2.44. The average molecular weight is 246 g/mol. The Hall–Kier alpha value is -1.29. The monoisotopic (exact) mass is 246 g/mol. The zero-order valence-electron chi connectivity index (χ0n) is 10.9. The van der Waals surface area contributed by atoms with E-state index in [0.717, 1.165) is 26.2 Å². The molecule has 4 nitrogen and oxygen atoms in total. The van der Waals surface area contributed by atoms with Crippen LogP contribution in [0, 0.1) is 0 Å². The number of hydrogen-bond acceptors (Lipinski definition) is 4. The van der Waals surface area contributed by atoms with Gasteiger partial charge in [0.1, 0.15) is 0 Å². The normalized spacial score (nSPS) is 21.1. The lowest BCUT2D eigenvalue weighted by molar-refractivity contribution is 0.570. The van der Waals surface area contributed by atoms with Gasteiger partial charge in [-0.25, -0.2) is 0 Å². The molecule has 3 rings (SSSR count). The number of anilines is 2. The smallest absolute Gasteiger partial charge is 0.0791 e. The van der Waals surface area contributed by atoms with Gasteiger partial charge in [-0.1, -0.05) is 0 Å². The van der Waals surface area contributed by atoms with Crippen LogP contribution in [0.25, 0.3) is 0 Å². The average Bonchev–Trinajstić information content (AvgIpc) is 2.49. The van der Waals surface area contributed by atoms with Crippen LogP contribution in [0.5, 0.6) is 0 Å². The Kier molecular flexibility index (Phi) is 3.64. The largest absolute Gasteiger partial charge is 0.370 e. The second-order valence-electron chi connectivity index (χ2n) is 5.15. The lowest BCUT2D eigenvalue weighted by Gasteiger charge is -2.35. The molecular weight excluding hydrogens is 224 g/mol. The van der Waals surface area contributed by atoms with Crippen LogP contribution in [0.3, 0.4) is 0 Å². The molecule has 0 unspecified atom stereocenters. The molecule has 0 amide bonds. The molecule has 2 fully saturated rings. The second-order valence-corrected chi connectivity index (χ2v) is 5.15. The highest BCUT2D eigenvalue weighted by Gasteiger charge is 2.19. The number of nitrogens with one attached hydrogen (secondary N) is 1. The molecule has 0 aliphatic carbocycles. The predicted molar refractivity (Wildman–Crippen MR) is 75.4 cm³/mol. The van der Waals surface area contributed by atoms with Gasteiger partial charge in [0.15, 0.2) is 0 Å². The van der Waals surface area contributed by atoms with Crippen LogP contribution in [0.4, 0.5) is 11.4 Å². The molecule has 98 valence electrons. The molecule has 0 bridgehead atoms. The molecule has 2 saturated heterocycles. The number of nitrogens with zero attached hydrogens (tertiary/aromatic N) is 3. The Morgan fingerprint density at radius 2 is 1.61 bits per heavy atom. The summed E-state index contributed by atoms with van der Waals surface area (Å²) in [5, 5.41) is 3.41. The molecule has 3 heterocycles. The van der Waals surface area contributed by atoms with E-state index in [4.69, 9.17) is 0 Å². The highest BCUT2D eigenvalue weighted by molar-refractivity contribution is 5.70. The Labute approximate surface area is 109 Å². The topological polar surface area (TPSA) is 31.4 Å². The molecule has 0 spiro atoms. The summed E-state index contributed by atoms with van der Waals surface area (Å²) in [5.41, 5.74) is 2.70. The fraction of sp³-hybridized carbons (Fsp3) is 0.643. The van der Waals surface area contributed by atoms with E-state index in [1.54, 1.807) is 0 Å². The summed E-state index contributed by atoms with van der Waals surface area (Å²) in [7, 11) is 0. The van der Waals surface area contributed by atoms with Crippen molar-refractivity contribution in [2.75, 3.05) is 49.1 Å². The fourth-order valence-electron chi connectivity index (χ4n) is 2.93. The van der Waals surface area contributed by atoms with Crippen molar-refractivity contribution in [2.45, 2.75) is 19.3 Å². The van der Waals surface area contributed by atoms with Gasteiger partial charge >= 0.3 is 0 Å². The Bertz CT molecular complexity index is 344. The Balaban J connectivity index is 1.83. The van der Waals surface area contributed by atoms with E-state index >= 15 is 0 Å². The van der Waals surface area contributed by atoms with E-state index in [0.29, 0.717) is 0 Å². The van der Waals surface area contributed by atoms with Crippen LogP contribution in [-0.4, -0.2) is 44.3 Å². The molecule has 18 heavy (non-hydrogen) atoms. The van der Waals surface area contributed by atoms with Gasteiger partial charge in [-0.05, 0) is 25.3 Å². The number of aromatic nitrogens is 1. The standard InChI is InChI=1S/C14H22N4/c1-2-8-17(9-3-1)13-4-5-16-12-14(13)18-10-6-15-7-11-18/h4-5,12,15H,1-3,6-11H2. The molecule has 4 heteroatoms. The quantitative estimate of drug-likeness (QED) is 0.856. The predicted octanol–water partition coefficient (Wildman–Crippen LogP) is 1.48. The van der Waals surface area contributed by atoms with E-state index < -0.39 is 0 Å². The molecule has 0 atom stereocenters. The van der Waals surface area contributed by atoms with Crippen molar-refractivity contribution in [3.63, 3.8) is 0 Å². The van der Waals surface area contributed by atoms with E-state index in [-0.39, 0.29) is 0 Å². The van der Waals surface area contributed by atoms with E-state index in [9.17, 15) is 0 Å². The minimum absolute atomic E-state index is 1.08. The minimum atomic E-state index is 1.08. The van der Waals surface area contributed by atoms with Gasteiger partial charge in [-0.2, -0.15) is 0 Å². The third kappa shape index (κ3) is 2.43. The third-order valence-electron chi connectivity index (χ3n) is 3.93. The van der Waals surface area contributed by atoms with Gasteiger partial charge in [0.25, 0.3) is 0 Å². The maximum Gasteiger partial charge on any atom is 0.0791 e. The van der Waals surface area contributed by atoms with Crippen LogP contribution < -0.4 is 15.1 Å². The van der Waals surface area contributed by atoms with Gasteiger partial charge in [-0.15, -0.1) is 0 Å². The van der Waals surface area contributed by atoms with Crippen molar-refractivity contribution in [1.82, 2.24) is 10.3 Å². The Morgan fingerprint density at radius 3 is 2.39 bits per heavy atom. The number of piperazine rings is 1. The summed E-state index contributed by atoms with van der Waals surface area (Å²) in [5.74, 6) is 0. The minimum Gasteiger partial charge on any atom is -0.370 e. The van der Waals surface area contributed by atoms with Crippen LogP contribution in [0.2, 0.25) is 0 Å². The Morgan fingerprint density at radius 1 is 0.889 bits per heavy atom. The SMILES string of the molecule is c1cc(N2CCCCC2)c(N2CCNCC2)cn1. The zero-order chi connectivity index (χ0) is 12.2. The first-order valence-electron chi connectivity index (χ1n) is 7.10. The summed E-state index contributed by atoms with van der Waals surface area (Å²) in [6, 6.07) is 2.18. The fourth-order valence-corrected chi connectivity index (χ4v) is 2.93. The molecular formula is C14H22N4. The first-order valence-corrected chi connectivity index (χ1v) is 7.10. The van der Waals surface area contributed by atoms with Crippen molar-refractivity contribution < 1.29 is 0 Å². The first-order chi connectivity index (χ1) is 8.95. The summed E-state index contributed by atoms with van der Waals surface area (Å²) < 4.78 is 0.